The summed E-state index contributed by atoms with van der Waals surface area (Å²) in [7, 11) is 0. The number of hydrazone groups is 1. The van der Waals surface area contributed by atoms with Crippen LogP contribution < -0.4 is 5.43 Å². The lowest BCUT2D eigenvalue weighted by Crippen LogP contribution is -2.18. The Hall–Kier alpha value is -4.17. The largest absolute Gasteiger partial charge is 0.340 e. The van der Waals surface area contributed by atoms with Gasteiger partial charge in [-0.25, -0.2) is 5.43 Å². The molecule has 0 aliphatic carbocycles. The Bertz CT molecular complexity index is 1320. The van der Waals surface area contributed by atoms with Crippen molar-refractivity contribution in [3.05, 3.63) is 106 Å². The highest BCUT2D eigenvalue weighted by atomic mass is 16.2. The van der Waals surface area contributed by atoms with E-state index in [4.69, 9.17) is 5.26 Å². The molecule has 0 saturated heterocycles. The first-order valence-electron chi connectivity index (χ1n) is 10.0. The molecule has 0 saturated carbocycles. The van der Waals surface area contributed by atoms with Crippen molar-refractivity contribution in [3.63, 3.8) is 0 Å². The van der Waals surface area contributed by atoms with Gasteiger partial charge in [-0.15, -0.1) is 0 Å². The van der Waals surface area contributed by atoms with Crippen LogP contribution in [0.4, 0.5) is 0 Å². The highest BCUT2D eigenvalue weighted by molar-refractivity contribution is 6.02. The molecule has 0 bridgehead atoms. The van der Waals surface area contributed by atoms with Crippen molar-refractivity contribution >= 4 is 23.0 Å². The molecule has 5 heteroatoms. The van der Waals surface area contributed by atoms with E-state index in [1.165, 1.54) is 0 Å². The van der Waals surface area contributed by atoms with Gasteiger partial charge in [0.15, 0.2) is 0 Å². The number of rotatable bonds is 5. The summed E-state index contributed by atoms with van der Waals surface area (Å²) in [6, 6.07) is 25.3. The van der Waals surface area contributed by atoms with Gasteiger partial charge in [-0.3, -0.25) is 4.79 Å². The van der Waals surface area contributed by atoms with Crippen LogP contribution in [0.5, 0.6) is 0 Å². The maximum Gasteiger partial charge on any atom is 0.271 e. The predicted molar refractivity (Wildman–Crippen MR) is 123 cm³/mol. The number of hydrogen-bond donors (Lipinski definition) is 1. The van der Waals surface area contributed by atoms with Crippen molar-refractivity contribution in [2.75, 3.05) is 0 Å². The minimum atomic E-state index is -0.228. The molecule has 4 rings (SSSR count). The minimum absolute atomic E-state index is 0.228. The number of carbonyl (C=O) groups excluding carboxylic acids is 1. The van der Waals surface area contributed by atoms with E-state index in [-0.39, 0.29) is 5.91 Å². The van der Waals surface area contributed by atoms with Gasteiger partial charge in [0, 0.05) is 34.3 Å². The summed E-state index contributed by atoms with van der Waals surface area (Å²) < 4.78 is 2.22. The van der Waals surface area contributed by atoms with Crippen molar-refractivity contribution in [1.29, 1.82) is 5.26 Å². The van der Waals surface area contributed by atoms with E-state index >= 15 is 0 Å². The lowest BCUT2D eigenvalue weighted by atomic mass is 10.1. The van der Waals surface area contributed by atoms with Crippen LogP contribution in [-0.2, 0) is 6.54 Å². The number of nitrogens with one attached hydrogen (secondary N) is 1. The number of aryl methyl sites for hydroxylation is 1. The van der Waals surface area contributed by atoms with E-state index in [0.29, 0.717) is 17.7 Å². The van der Waals surface area contributed by atoms with E-state index in [0.717, 1.165) is 33.3 Å². The predicted octanol–water partition coefficient (Wildman–Crippen LogP) is 4.94. The van der Waals surface area contributed by atoms with Gasteiger partial charge in [-0.2, -0.15) is 10.4 Å². The molecule has 1 N–H and O–H groups in total. The fraction of sp³-hybridized carbons (Fsp3) is 0.115. The highest BCUT2D eigenvalue weighted by Gasteiger charge is 2.13. The molecule has 1 amide bonds. The number of aromatic nitrogens is 1. The monoisotopic (exact) mass is 406 g/mol. The van der Waals surface area contributed by atoms with Crippen LogP contribution in [0.1, 0.15) is 38.3 Å². The summed E-state index contributed by atoms with van der Waals surface area (Å²) in [5.74, 6) is -0.228. The van der Waals surface area contributed by atoms with Crippen LogP contribution in [0.15, 0.2) is 77.9 Å². The normalized spacial score (nSPS) is 11.0. The summed E-state index contributed by atoms with van der Waals surface area (Å²) in [5.41, 5.74) is 9.04. The Balaban J connectivity index is 1.63. The number of nitriles is 1. The summed E-state index contributed by atoms with van der Waals surface area (Å²) in [6.07, 6.45) is 1.71. The Morgan fingerprint density at radius 3 is 2.48 bits per heavy atom. The Morgan fingerprint density at radius 2 is 1.74 bits per heavy atom. The van der Waals surface area contributed by atoms with Crippen molar-refractivity contribution in [2.24, 2.45) is 5.10 Å². The fourth-order valence-electron chi connectivity index (χ4n) is 3.74. The highest BCUT2D eigenvalue weighted by Crippen LogP contribution is 2.25. The van der Waals surface area contributed by atoms with E-state index in [1.807, 2.05) is 68.4 Å². The third kappa shape index (κ3) is 4.10. The van der Waals surface area contributed by atoms with Crippen molar-refractivity contribution in [1.82, 2.24) is 9.99 Å². The zero-order chi connectivity index (χ0) is 21.8. The Kier molecular flexibility index (Phi) is 5.63. The van der Waals surface area contributed by atoms with Gasteiger partial charge >= 0.3 is 0 Å². The molecule has 1 aromatic heterocycles. The van der Waals surface area contributed by atoms with Gasteiger partial charge in [0.2, 0.25) is 0 Å². The lowest BCUT2D eigenvalue weighted by molar-refractivity contribution is 0.0954. The SMILES string of the molecule is Cc1ccccc1C(=O)N/N=C/c1c(C)n(Cc2ccc(C#N)cc2)c2ccccc12. The van der Waals surface area contributed by atoms with E-state index in [2.05, 4.69) is 33.3 Å². The van der Waals surface area contributed by atoms with Crippen LogP contribution in [0.3, 0.4) is 0 Å². The number of para-hydroxylation sites is 1. The van der Waals surface area contributed by atoms with Crippen molar-refractivity contribution in [3.8, 4) is 6.07 Å². The smallest absolute Gasteiger partial charge is 0.271 e. The molecule has 0 fully saturated rings. The van der Waals surface area contributed by atoms with Crippen molar-refractivity contribution < 1.29 is 4.79 Å². The average Bonchev–Trinajstić information content (AvgIpc) is 3.06. The second kappa shape index (κ2) is 8.68. The molecule has 0 spiro atoms. The molecule has 0 aliphatic heterocycles. The van der Waals surface area contributed by atoms with Crippen LogP contribution in [0.2, 0.25) is 0 Å². The number of fused-ring (bicyclic) bond motifs is 1. The van der Waals surface area contributed by atoms with E-state index in [1.54, 1.807) is 12.3 Å². The van der Waals surface area contributed by atoms with Gasteiger partial charge in [0.25, 0.3) is 5.91 Å². The van der Waals surface area contributed by atoms with Gasteiger partial charge in [0.05, 0.1) is 17.8 Å². The molecule has 152 valence electrons. The Morgan fingerprint density at radius 1 is 1.03 bits per heavy atom. The summed E-state index contributed by atoms with van der Waals surface area (Å²) in [6.45, 7) is 4.63. The average molecular weight is 406 g/mol. The maximum atomic E-state index is 12.4. The number of benzene rings is 3. The second-order valence-corrected chi connectivity index (χ2v) is 7.43. The molecule has 5 nitrogen and oxygen atoms in total. The second-order valence-electron chi connectivity index (χ2n) is 7.43. The first-order chi connectivity index (χ1) is 15.1. The zero-order valence-corrected chi connectivity index (χ0v) is 17.5. The van der Waals surface area contributed by atoms with E-state index < -0.39 is 0 Å². The third-order valence-electron chi connectivity index (χ3n) is 5.45. The topological polar surface area (TPSA) is 70.2 Å². The number of amides is 1. The van der Waals surface area contributed by atoms with Crippen LogP contribution in [0, 0.1) is 25.2 Å². The fourth-order valence-corrected chi connectivity index (χ4v) is 3.74. The molecule has 0 radical (unpaired) electrons. The molecular weight excluding hydrogens is 384 g/mol. The Labute approximate surface area is 181 Å². The molecule has 4 aromatic rings. The minimum Gasteiger partial charge on any atom is -0.340 e. The quantitative estimate of drug-likeness (QED) is 0.377. The molecule has 31 heavy (non-hydrogen) atoms. The van der Waals surface area contributed by atoms with Crippen LogP contribution >= 0.6 is 0 Å². The molecular formula is C26H22N4O. The molecule has 3 aromatic carbocycles. The summed E-state index contributed by atoms with van der Waals surface area (Å²) in [4.78, 5) is 12.4. The molecule has 0 aliphatic rings. The van der Waals surface area contributed by atoms with Gasteiger partial charge in [-0.1, -0.05) is 48.5 Å². The molecule has 0 atom stereocenters. The van der Waals surface area contributed by atoms with Crippen LogP contribution in [0.25, 0.3) is 10.9 Å². The van der Waals surface area contributed by atoms with Crippen molar-refractivity contribution in [2.45, 2.75) is 20.4 Å². The van der Waals surface area contributed by atoms with E-state index in [9.17, 15) is 4.79 Å². The number of nitrogens with zero attached hydrogens (tertiary/aromatic N) is 3. The van der Waals surface area contributed by atoms with Crippen LogP contribution in [-0.4, -0.2) is 16.7 Å². The zero-order valence-electron chi connectivity index (χ0n) is 17.5. The molecule has 0 unspecified atom stereocenters. The summed E-state index contributed by atoms with van der Waals surface area (Å²) in [5, 5.41) is 14.3. The van der Waals surface area contributed by atoms with Gasteiger partial charge in [-0.05, 0) is 49.2 Å². The first-order valence-corrected chi connectivity index (χ1v) is 10.0. The molecule has 1 heterocycles. The third-order valence-corrected chi connectivity index (χ3v) is 5.45. The van der Waals surface area contributed by atoms with Gasteiger partial charge in [0.1, 0.15) is 0 Å². The van der Waals surface area contributed by atoms with Gasteiger partial charge < -0.3 is 4.57 Å². The number of hydrogen-bond acceptors (Lipinski definition) is 3. The standard InChI is InChI=1S/C26H22N4O/c1-18-7-3-4-8-22(18)26(31)29-28-16-24-19(2)30(25-10-6-5-9-23(24)25)17-21-13-11-20(15-27)12-14-21/h3-14,16H,17H2,1-2H3,(H,29,31)/b28-16+. The number of carbonyl (C=O) groups is 1. The first kappa shape index (κ1) is 20.1. The summed E-state index contributed by atoms with van der Waals surface area (Å²) >= 11 is 0. The maximum absolute atomic E-state index is 12.4. The lowest BCUT2D eigenvalue weighted by Gasteiger charge is -2.09.